The Labute approximate surface area is 190 Å². The maximum absolute atomic E-state index is 14.9. The zero-order valence-corrected chi connectivity index (χ0v) is 18.6. The Morgan fingerprint density at radius 2 is 1.97 bits per heavy atom. The molecule has 0 aliphatic carbocycles. The molecule has 4 heterocycles. The summed E-state index contributed by atoms with van der Waals surface area (Å²) >= 11 is 0. The van der Waals surface area contributed by atoms with Gasteiger partial charge in [-0.05, 0) is 51.9 Å². The van der Waals surface area contributed by atoms with E-state index in [9.17, 15) is 8.78 Å². The molecule has 2 aliphatic rings. The van der Waals surface area contributed by atoms with Gasteiger partial charge in [-0.3, -0.25) is 5.32 Å². The molecule has 0 amide bonds. The van der Waals surface area contributed by atoms with E-state index in [1.165, 1.54) is 6.07 Å². The Kier molecular flexibility index (Phi) is 5.84. The van der Waals surface area contributed by atoms with Gasteiger partial charge < -0.3 is 19.5 Å². The number of benzene rings is 1. The zero-order chi connectivity index (χ0) is 22.9. The Morgan fingerprint density at radius 1 is 1.15 bits per heavy atom. The summed E-state index contributed by atoms with van der Waals surface area (Å²) in [5.74, 6) is -0.187. The number of anilines is 3. The third kappa shape index (κ3) is 4.35. The highest BCUT2D eigenvalue weighted by molar-refractivity contribution is 5.73. The summed E-state index contributed by atoms with van der Waals surface area (Å²) in [7, 11) is 0. The Hall–Kier alpha value is -3.27. The van der Waals surface area contributed by atoms with Crippen molar-refractivity contribution < 1.29 is 18.0 Å². The molecule has 10 heteroatoms. The monoisotopic (exact) mass is 456 g/mol. The summed E-state index contributed by atoms with van der Waals surface area (Å²) < 4.78 is 40.5. The quantitative estimate of drug-likeness (QED) is 0.590. The fraction of sp³-hybridized carbons (Fsp3) is 0.435. The van der Waals surface area contributed by atoms with Crippen LogP contribution in [0.25, 0.3) is 11.3 Å². The molecule has 0 atom stereocenters. The van der Waals surface area contributed by atoms with Gasteiger partial charge in [0.2, 0.25) is 11.8 Å². The normalized spacial score (nSPS) is 16.6. The van der Waals surface area contributed by atoms with Gasteiger partial charge in [0.15, 0.2) is 17.4 Å². The smallest absolute Gasteiger partial charge is 0.231 e. The predicted octanol–water partition coefficient (Wildman–Crippen LogP) is 4.23. The second-order valence-electron chi connectivity index (χ2n) is 8.60. The average Bonchev–Trinajstić information content (AvgIpc) is 3.29. The van der Waals surface area contributed by atoms with E-state index in [1.54, 1.807) is 6.07 Å². The standard InChI is InChI=1S/C23H26F2N6O2/c1-13(2)31-7-8-32-22-16(24)9-15(10-19(22)31)21-17(25)12-27-23(29-21)28-20-11-18(30-33-20)14-3-5-26-6-4-14/h9-14,26H,3-8H2,1-2H3,(H,27,28,29). The number of hydrogen-bond donors (Lipinski definition) is 2. The second kappa shape index (κ2) is 8.93. The van der Waals surface area contributed by atoms with Gasteiger partial charge in [0, 0.05) is 23.6 Å². The number of fused-ring (bicyclic) bond motifs is 1. The lowest BCUT2D eigenvalue weighted by molar-refractivity contribution is 0.287. The number of aromatic nitrogens is 3. The Morgan fingerprint density at radius 3 is 2.76 bits per heavy atom. The molecule has 0 saturated carbocycles. The molecule has 8 nitrogen and oxygen atoms in total. The van der Waals surface area contributed by atoms with Crippen molar-refractivity contribution in [2.45, 2.75) is 38.6 Å². The number of piperidine rings is 1. The number of hydrogen-bond acceptors (Lipinski definition) is 8. The highest BCUT2D eigenvalue weighted by atomic mass is 19.1. The summed E-state index contributed by atoms with van der Waals surface area (Å²) in [6, 6.07) is 4.90. The van der Waals surface area contributed by atoms with Crippen LogP contribution in [0.4, 0.5) is 26.3 Å². The summed E-state index contributed by atoms with van der Waals surface area (Å²) in [6.45, 7) is 6.94. The van der Waals surface area contributed by atoms with Crippen molar-refractivity contribution in [3.05, 3.63) is 41.7 Å². The molecule has 0 unspecified atom stereocenters. The van der Waals surface area contributed by atoms with Crippen LogP contribution >= 0.6 is 0 Å². The number of nitrogens with zero attached hydrogens (tertiary/aromatic N) is 4. The molecule has 1 aromatic carbocycles. The van der Waals surface area contributed by atoms with Crippen LogP contribution in [0.15, 0.2) is 28.9 Å². The molecule has 1 fully saturated rings. The van der Waals surface area contributed by atoms with Gasteiger partial charge in [-0.2, -0.15) is 0 Å². The lowest BCUT2D eigenvalue weighted by atomic mass is 9.95. The number of rotatable bonds is 5. The number of ether oxygens (including phenoxy) is 1. The largest absolute Gasteiger partial charge is 0.486 e. The average molecular weight is 456 g/mol. The highest BCUT2D eigenvalue weighted by Gasteiger charge is 2.26. The first-order chi connectivity index (χ1) is 16.0. The highest BCUT2D eigenvalue weighted by Crippen LogP contribution is 2.39. The fourth-order valence-corrected chi connectivity index (χ4v) is 4.37. The molecule has 0 radical (unpaired) electrons. The van der Waals surface area contributed by atoms with Crippen molar-refractivity contribution in [1.29, 1.82) is 0 Å². The van der Waals surface area contributed by atoms with Gasteiger partial charge in [0.05, 0.1) is 24.1 Å². The summed E-state index contributed by atoms with van der Waals surface area (Å²) in [4.78, 5) is 10.3. The predicted molar refractivity (Wildman–Crippen MR) is 120 cm³/mol. The maximum atomic E-state index is 14.9. The van der Waals surface area contributed by atoms with Gasteiger partial charge in [0.25, 0.3) is 0 Å². The van der Waals surface area contributed by atoms with E-state index in [2.05, 4.69) is 25.8 Å². The number of nitrogens with one attached hydrogen (secondary N) is 2. The molecule has 2 N–H and O–H groups in total. The zero-order valence-electron chi connectivity index (χ0n) is 18.6. The minimum Gasteiger partial charge on any atom is -0.486 e. The Bertz CT molecular complexity index is 1150. The van der Waals surface area contributed by atoms with E-state index in [0.717, 1.165) is 37.8 Å². The van der Waals surface area contributed by atoms with Crippen LogP contribution in [0.5, 0.6) is 5.75 Å². The SMILES string of the molecule is CC(C)N1CCOc2c(F)cc(-c3nc(Nc4cc(C5CCNCC5)no4)ncc3F)cc21. The topological polar surface area (TPSA) is 88.3 Å². The van der Waals surface area contributed by atoms with Gasteiger partial charge in [-0.15, -0.1) is 0 Å². The maximum Gasteiger partial charge on any atom is 0.231 e. The summed E-state index contributed by atoms with van der Waals surface area (Å²) in [6.07, 6.45) is 3.04. The molecule has 3 aromatic rings. The van der Waals surface area contributed by atoms with Crippen molar-refractivity contribution in [2.75, 3.05) is 36.5 Å². The van der Waals surface area contributed by atoms with Crippen LogP contribution in [0.3, 0.4) is 0 Å². The molecule has 0 bridgehead atoms. The van der Waals surface area contributed by atoms with Gasteiger partial charge in [-0.25, -0.2) is 18.7 Å². The lowest BCUT2D eigenvalue weighted by Crippen LogP contribution is -2.38. The van der Waals surface area contributed by atoms with E-state index in [0.29, 0.717) is 36.2 Å². The van der Waals surface area contributed by atoms with Crippen LogP contribution < -0.4 is 20.3 Å². The molecule has 174 valence electrons. The Balaban J connectivity index is 1.43. The van der Waals surface area contributed by atoms with E-state index in [1.807, 2.05) is 24.8 Å². The first kappa shape index (κ1) is 21.6. The van der Waals surface area contributed by atoms with Crippen molar-refractivity contribution in [3.63, 3.8) is 0 Å². The summed E-state index contributed by atoms with van der Waals surface area (Å²) in [5.41, 5.74) is 1.74. The van der Waals surface area contributed by atoms with Crippen molar-refractivity contribution >= 4 is 17.5 Å². The van der Waals surface area contributed by atoms with E-state index < -0.39 is 11.6 Å². The summed E-state index contributed by atoms with van der Waals surface area (Å²) in [5, 5.41) is 10.4. The molecule has 0 spiro atoms. The first-order valence-electron chi connectivity index (χ1n) is 11.2. The molecule has 2 aliphatic heterocycles. The van der Waals surface area contributed by atoms with Crippen molar-refractivity contribution in [3.8, 4) is 17.0 Å². The van der Waals surface area contributed by atoms with Crippen LogP contribution in [-0.2, 0) is 0 Å². The van der Waals surface area contributed by atoms with Crippen molar-refractivity contribution in [1.82, 2.24) is 20.4 Å². The first-order valence-corrected chi connectivity index (χ1v) is 11.2. The van der Waals surface area contributed by atoms with Gasteiger partial charge in [0.1, 0.15) is 12.3 Å². The van der Waals surface area contributed by atoms with Gasteiger partial charge >= 0.3 is 0 Å². The molecule has 1 saturated heterocycles. The fourth-order valence-electron chi connectivity index (χ4n) is 4.37. The molecule has 33 heavy (non-hydrogen) atoms. The van der Waals surface area contributed by atoms with E-state index in [4.69, 9.17) is 9.26 Å². The lowest BCUT2D eigenvalue weighted by Gasteiger charge is -2.34. The molecular formula is C23H26F2N6O2. The minimum atomic E-state index is -0.652. The van der Waals surface area contributed by atoms with Gasteiger partial charge in [-0.1, -0.05) is 5.16 Å². The van der Waals surface area contributed by atoms with E-state index in [-0.39, 0.29) is 23.4 Å². The molecule has 2 aromatic heterocycles. The third-order valence-corrected chi connectivity index (χ3v) is 6.07. The molecule has 5 rings (SSSR count). The molecular weight excluding hydrogens is 430 g/mol. The van der Waals surface area contributed by atoms with Crippen LogP contribution in [0.2, 0.25) is 0 Å². The second-order valence-corrected chi connectivity index (χ2v) is 8.60. The third-order valence-electron chi connectivity index (χ3n) is 6.07. The van der Waals surface area contributed by atoms with Crippen LogP contribution in [0, 0.1) is 11.6 Å². The van der Waals surface area contributed by atoms with Crippen molar-refractivity contribution in [2.24, 2.45) is 0 Å². The van der Waals surface area contributed by atoms with Crippen LogP contribution in [0.1, 0.15) is 38.3 Å². The number of halogens is 2. The van der Waals surface area contributed by atoms with Crippen LogP contribution in [-0.4, -0.2) is 47.4 Å². The minimum absolute atomic E-state index is 0.0124. The van der Waals surface area contributed by atoms with E-state index >= 15 is 0 Å².